The lowest BCUT2D eigenvalue weighted by Crippen LogP contribution is -2.32. The highest BCUT2D eigenvalue weighted by Crippen LogP contribution is 2.41. The second-order valence-corrected chi connectivity index (χ2v) is 9.59. The summed E-state index contributed by atoms with van der Waals surface area (Å²) >= 11 is 0. The van der Waals surface area contributed by atoms with E-state index in [1.807, 2.05) is 81.3 Å². The molecule has 2 atom stereocenters. The Morgan fingerprint density at radius 3 is 2.44 bits per heavy atom. The van der Waals surface area contributed by atoms with Crippen LogP contribution in [-0.2, 0) is 16.0 Å². The van der Waals surface area contributed by atoms with Crippen LogP contribution >= 0.6 is 0 Å². The van der Waals surface area contributed by atoms with Gasteiger partial charge in [-0.1, -0.05) is 12.1 Å². The second-order valence-electron chi connectivity index (χ2n) is 9.59. The van der Waals surface area contributed by atoms with Gasteiger partial charge in [0.2, 0.25) is 0 Å². The molecule has 0 bridgehead atoms. The molecule has 0 spiro atoms. The second kappa shape index (κ2) is 9.50. The number of benzene rings is 2. The van der Waals surface area contributed by atoms with E-state index in [1.54, 1.807) is 11.0 Å². The van der Waals surface area contributed by atoms with Crippen molar-refractivity contribution in [2.45, 2.75) is 31.9 Å². The molecule has 7 nitrogen and oxygen atoms in total. The molecule has 7 heteroatoms. The monoisotopic (exact) mass is 463 g/mol. The molecule has 2 heterocycles. The van der Waals surface area contributed by atoms with Crippen molar-refractivity contribution in [2.75, 3.05) is 46.2 Å². The molecule has 2 aromatic rings. The van der Waals surface area contributed by atoms with Crippen LogP contribution in [0, 0.1) is 0 Å². The number of ketones is 1. The summed E-state index contributed by atoms with van der Waals surface area (Å²) in [7, 11) is 7.87. The molecular weight excluding hydrogens is 430 g/mol. The number of anilines is 1. The molecule has 34 heavy (non-hydrogen) atoms. The maximum atomic E-state index is 13.2. The van der Waals surface area contributed by atoms with E-state index in [9.17, 15) is 14.7 Å². The number of aliphatic hydroxyl groups is 1. The zero-order valence-corrected chi connectivity index (χ0v) is 20.5. The van der Waals surface area contributed by atoms with Crippen molar-refractivity contribution < 1.29 is 19.4 Å². The molecule has 1 N–H and O–H groups in total. The van der Waals surface area contributed by atoms with E-state index >= 15 is 0 Å². The molecule has 180 valence electrons. The summed E-state index contributed by atoms with van der Waals surface area (Å²) in [6, 6.07) is 12.6. The Bertz CT molecular complexity index is 1120. The smallest absolute Gasteiger partial charge is 0.295 e. The van der Waals surface area contributed by atoms with E-state index in [0.29, 0.717) is 12.1 Å². The summed E-state index contributed by atoms with van der Waals surface area (Å²) < 4.78 is 5.77. The zero-order chi connectivity index (χ0) is 24.6. The van der Waals surface area contributed by atoms with E-state index in [-0.39, 0.29) is 17.4 Å². The van der Waals surface area contributed by atoms with Crippen LogP contribution in [0.2, 0.25) is 0 Å². The minimum Gasteiger partial charge on any atom is -0.507 e. The predicted molar refractivity (Wildman–Crippen MR) is 133 cm³/mol. The molecule has 1 saturated heterocycles. The quantitative estimate of drug-likeness (QED) is 0.385. The number of fused-ring (bicyclic) bond motifs is 1. The third kappa shape index (κ3) is 4.53. The van der Waals surface area contributed by atoms with Crippen molar-refractivity contribution >= 4 is 23.1 Å². The minimum atomic E-state index is -0.644. The SMILES string of the molecule is C[C@@H]1Cc2cc(C(O)=C3C(=O)C(=O)N(CCCN(C)C)[C@@H]3c3ccc(N(C)C)cc3)ccc2O1. The molecule has 0 aliphatic carbocycles. The molecular formula is C27H33N3O4. The Kier molecular flexibility index (Phi) is 6.66. The Balaban J connectivity index is 1.77. The molecule has 4 rings (SSSR count). The summed E-state index contributed by atoms with van der Waals surface area (Å²) in [6.45, 7) is 3.21. The maximum Gasteiger partial charge on any atom is 0.295 e. The van der Waals surface area contributed by atoms with Crippen LogP contribution < -0.4 is 9.64 Å². The molecule has 1 fully saturated rings. The molecule has 0 unspecified atom stereocenters. The predicted octanol–water partition coefficient (Wildman–Crippen LogP) is 3.45. The normalized spacial score (nSPS) is 21.2. The van der Waals surface area contributed by atoms with E-state index in [2.05, 4.69) is 0 Å². The number of nitrogens with zero attached hydrogens (tertiary/aromatic N) is 3. The van der Waals surface area contributed by atoms with Crippen molar-refractivity contribution in [3.8, 4) is 5.75 Å². The van der Waals surface area contributed by atoms with Crippen LogP contribution in [0.25, 0.3) is 5.76 Å². The van der Waals surface area contributed by atoms with Gasteiger partial charge in [-0.3, -0.25) is 9.59 Å². The van der Waals surface area contributed by atoms with Gasteiger partial charge in [0.1, 0.15) is 17.6 Å². The highest BCUT2D eigenvalue weighted by Gasteiger charge is 2.45. The Morgan fingerprint density at radius 2 is 1.79 bits per heavy atom. The van der Waals surface area contributed by atoms with Gasteiger partial charge < -0.3 is 24.5 Å². The van der Waals surface area contributed by atoms with Crippen LogP contribution in [0.5, 0.6) is 5.75 Å². The number of aliphatic hydroxyl groups excluding tert-OH is 1. The fourth-order valence-electron chi connectivity index (χ4n) is 4.69. The molecule has 0 aromatic heterocycles. The van der Waals surface area contributed by atoms with Gasteiger partial charge in [-0.05, 0) is 75.4 Å². The molecule has 0 saturated carbocycles. The third-order valence-electron chi connectivity index (χ3n) is 6.44. The van der Waals surface area contributed by atoms with Gasteiger partial charge in [0.15, 0.2) is 0 Å². The minimum absolute atomic E-state index is 0.0740. The molecule has 2 aliphatic heterocycles. The van der Waals surface area contributed by atoms with Gasteiger partial charge >= 0.3 is 0 Å². The van der Waals surface area contributed by atoms with Crippen molar-refractivity contribution in [3.05, 3.63) is 64.7 Å². The summed E-state index contributed by atoms with van der Waals surface area (Å²) in [5.41, 5.74) is 3.47. The van der Waals surface area contributed by atoms with Crippen molar-refractivity contribution in [3.63, 3.8) is 0 Å². The van der Waals surface area contributed by atoms with Gasteiger partial charge in [-0.15, -0.1) is 0 Å². The fraction of sp³-hybridized carbons (Fsp3) is 0.407. The third-order valence-corrected chi connectivity index (χ3v) is 6.44. The lowest BCUT2D eigenvalue weighted by atomic mass is 9.94. The van der Waals surface area contributed by atoms with E-state index in [0.717, 1.165) is 42.0 Å². The number of Topliss-reactive ketones (excluding diaryl/α,β-unsaturated/α-hetero) is 1. The number of ether oxygens (including phenoxy) is 1. The number of carbonyl (C=O) groups is 2. The van der Waals surface area contributed by atoms with Gasteiger partial charge in [0, 0.05) is 38.3 Å². The van der Waals surface area contributed by atoms with E-state index < -0.39 is 17.7 Å². The Hall–Kier alpha value is -3.32. The van der Waals surface area contributed by atoms with Crippen LogP contribution in [0.1, 0.15) is 36.1 Å². The maximum absolute atomic E-state index is 13.2. The van der Waals surface area contributed by atoms with Crippen molar-refractivity contribution in [2.24, 2.45) is 0 Å². The van der Waals surface area contributed by atoms with Crippen LogP contribution in [0.15, 0.2) is 48.0 Å². The topological polar surface area (TPSA) is 73.3 Å². The van der Waals surface area contributed by atoms with Crippen molar-refractivity contribution in [1.82, 2.24) is 9.80 Å². The number of hydrogen-bond acceptors (Lipinski definition) is 6. The summed E-state index contributed by atoms with van der Waals surface area (Å²) in [4.78, 5) is 32.0. The summed E-state index contributed by atoms with van der Waals surface area (Å²) in [6.07, 6.45) is 1.54. The average molecular weight is 464 g/mol. The number of carbonyl (C=O) groups excluding carboxylic acids is 2. The molecule has 2 aliphatic rings. The number of likely N-dealkylation sites (tertiary alicyclic amines) is 1. The molecule has 0 radical (unpaired) electrons. The Morgan fingerprint density at radius 1 is 1.09 bits per heavy atom. The van der Waals surface area contributed by atoms with E-state index in [4.69, 9.17) is 4.74 Å². The highest BCUT2D eigenvalue weighted by atomic mass is 16.5. The number of hydrogen-bond donors (Lipinski definition) is 1. The summed E-state index contributed by atoms with van der Waals surface area (Å²) in [5, 5.41) is 11.3. The van der Waals surface area contributed by atoms with E-state index in [1.165, 1.54) is 0 Å². The fourth-order valence-corrected chi connectivity index (χ4v) is 4.69. The largest absolute Gasteiger partial charge is 0.507 e. The molecule has 2 aromatic carbocycles. The average Bonchev–Trinajstić information content (AvgIpc) is 3.29. The first-order valence-electron chi connectivity index (χ1n) is 11.7. The summed E-state index contributed by atoms with van der Waals surface area (Å²) in [5.74, 6) is -0.559. The van der Waals surface area contributed by atoms with Crippen LogP contribution in [0.4, 0.5) is 5.69 Å². The first-order valence-corrected chi connectivity index (χ1v) is 11.7. The van der Waals surface area contributed by atoms with Gasteiger partial charge in [-0.25, -0.2) is 0 Å². The standard InChI is InChI=1S/C27H33N3O4/c1-17-15-20-16-19(9-12-22(20)34-17)25(31)23-24(18-7-10-21(11-8-18)29(4)5)30(27(33)26(23)32)14-6-13-28(2)3/h7-12,16-17,24,31H,6,13-15H2,1-5H3/t17-,24-/m1/s1. The lowest BCUT2D eigenvalue weighted by molar-refractivity contribution is -0.139. The lowest BCUT2D eigenvalue weighted by Gasteiger charge is -2.26. The number of rotatable bonds is 7. The highest BCUT2D eigenvalue weighted by molar-refractivity contribution is 6.46. The first-order chi connectivity index (χ1) is 16.2. The Labute approximate surface area is 201 Å². The van der Waals surface area contributed by atoms with Crippen LogP contribution in [0.3, 0.4) is 0 Å². The van der Waals surface area contributed by atoms with Gasteiger partial charge in [-0.2, -0.15) is 0 Å². The molecule has 1 amide bonds. The number of amides is 1. The van der Waals surface area contributed by atoms with Crippen molar-refractivity contribution in [1.29, 1.82) is 0 Å². The van der Waals surface area contributed by atoms with Crippen LogP contribution in [-0.4, -0.2) is 74.0 Å². The zero-order valence-electron chi connectivity index (χ0n) is 20.5. The van der Waals surface area contributed by atoms with Gasteiger partial charge in [0.25, 0.3) is 11.7 Å². The first kappa shape index (κ1) is 23.8. The van der Waals surface area contributed by atoms with Gasteiger partial charge in [0.05, 0.1) is 11.6 Å².